The van der Waals surface area contributed by atoms with Gasteiger partial charge in [0, 0.05) is 0 Å². The summed E-state index contributed by atoms with van der Waals surface area (Å²) in [6.45, 7) is -0.592. The van der Waals surface area contributed by atoms with Gasteiger partial charge in [-0.3, -0.25) is 0 Å². The Morgan fingerprint density at radius 3 is 2.85 bits per heavy atom. The van der Waals surface area contributed by atoms with Crippen LogP contribution in [0.15, 0.2) is 18.2 Å². The Morgan fingerprint density at radius 2 is 2.31 bits per heavy atom. The maximum Gasteiger partial charge on any atom is 0.137 e. The van der Waals surface area contributed by atoms with E-state index in [1.54, 1.807) is 18.2 Å². The van der Waals surface area contributed by atoms with E-state index in [0.717, 1.165) is 0 Å². The highest BCUT2D eigenvalue weighted by atomic mass is 35.5. The smallest absolute Gasteiger partial charge is 0.137 e. The van der Waals surface area contributed by atoms with Gasteiger partial charge in [0.25, 0.3) is 0 Å². The average Bonchev–Trinajstić information content (AvgIpc) is 2.17. The van der Waals surface area contributed by atoms with Crippen LogP contribution in [0.1, 0.15) is 11.6 Å². The first-order chi connectivity index (χ1) is 6.19. The predicted molar refractivity (Wildman–Crippen MR) is 50.9 cm³/mol. The summed E-state index contributed by atoms with van der Waals surface area (Å²) in [5, 5.41) is 0.498. The lowest BCUT2D eigenvalue weighted by atomic mass is 10.1. The minimum atomic E-state index is -0.605. The van der Waals surface area contributed by atoms with Crippen LogP contribution >= 0.6 is 11.6 Å². The Morgan fingerprint density at radius 1 is 1.62 bits per heavy atom. The fourth-order valence-electron chi connectivity index (χ4n) is 0.996. The topological polar surface area (TPSA) is 35.2 Å². The van der Waals surface area contributed by atoms with Crippen molar-refractivity contribution >= 4 is 11.6 Å². The van der Waals surface area contributed by atoms with Gasteiger partial charge in [-0.2, -0.15) is 0 Å². The van der Waals surface area contributed by atoms with Crippen LogP contribution < -0.4 is 10.5 Å². The molecule has 0 amide bonds. The maximum atomic E-state index is 12.2. The van der Waals surface area contributed by atoms with Crippen molar-refractivity contribution in [3.63, 3.8) is 0 Å². The van der Waals surface area contributed by atoms with Gasteiger partial charge in [0.05, 0.1) is 18.2 Å². The summed E-state index contributed by atoms with van der Waals surface area (Å²) < 4.78 is 17.2. The molecule has 0 spiro atoms. The van der Waals surface area contributed by atoms with Crippen molar-refractivity contribution in [1.29, 1.82) is 0 Å². The van der Waals surface area contributed by atoms with Gasteiger partial charge >= 0.3 is 0 Å². The molecule has 0 fully saturated rings. The van der Waals surface area contributed by atoms with Crippen LogP contribution in [0.4, 0.5) is 4.39 Å². The molecule has 0 aliphatic rings. The largest absolute Gasteiger partial charge is 0.495 e. The first-order valence-electron chi connectivity index (χ1n) is 3.84. The van der Waals surface area contributed by atoms with Crippen molar-refractivity contribution in [3.8, 4) is 5.75 Å². The minimum Gasteiger partial charge on any atom is -0.495 e. The number of benzene rings is 1. The molecule has 13 heavy (non-hydrogen) atoms. The molecular formula is C9H11ClFNO. The zero-order valence-electron chi connectivity index (χ0n) is 7.26. The Kier molecular flexibility index (Phi) is 3.51. The zero-order valence-corrected chi connectivity index (χ0v) is 8.01. The van der Waals surface area contributed by atoms with E-state index in [1.165, 1.54) is 7.11 Å². The molecule has 1 aromatic rings. The molecule has 0 saturated carbocycles. The number of methoxy groups -OCH3 is 1. The van der Waals surface area contributed by atoms with E-state index < -0.39 is 12.7 Å². The third-order valence-electron chi connectivity index (χ3n) is 1.77. The maximum absolute atomic E-state index is 12.2. The molecular weight excluding hydrogens is 193 g/mol. The first kappa shape index (κ1) is 10.3. The van der Waals surface area contributed by atoms with Crippen LogP contribution in [0.2, 0.25) is 5.02 Å². The number of rotatable bonds is 3. The fraction of sp³-hybridized carbons (Fsp3) is 0.333. The van der Waals surface area contributed by atoms with Crippen molar-refractivity contribution in [1.82, 2.24) is 0 Å². The molecule has 1 rings (SSSR count). The van der Waals surface area contributed by atoms with E-state index >= 15 is 0 Å². The van der Waals surface area contributed by atoms with Crippen LogP contribution in [-0.2, 0) is 0 Å². The molecule has 0 radical (unpaired) electrons. The third kappa shape index (κ3) is 2.32. The predicted octanol–water partition coefficient (Wildman–Crippen LogP) is 2.32. The Balaban J connectivity index is 2.99. The molecule has 0 aliphatic carbocycles. The summed E-state index contributed by atoms with van der Waals surface area (Å²) in [7, 11) is 1.51. The highest BCUT2D eigenvalue weighted by molar-refractivity contribution is 6.32. The van der Waals surface area contributed by atoms with Gasteiger partial charge in [-0.1, -0.05) is 17.7 Å². The van der Waals surface area contributed by atoms with Gasteiger partial charge in [-0.15, -0.1) is 0 Å². The molecule has 1 atom stereocenters. The Bertz CT molecular complexity index is 293. The van der Waals surface area contributed by atoms with Crippen molar-refractivity contribution in [2.45, 2.75) is 6.04 Å². The Labute approximate surface area is 81.4 Å². The molecule has 2 N–H and O–H groups in total. The summed E-state index contributed by atoms with van der Waals surface area (Å²) in [6, 6.07) is 4.37. The molecule has 0 aromatic heterocycles. The normalized spacial score (nSPS) is 12.6. The molecule has 1 aromatic carbocycles. The van der Waals surface area contributed by atoms with E-state index in [1.807, 2.05) is 0 Å². The standard InChI is InChI=1S/C9H11ClFNO/c1-13-9-4-6(8(12)5-11)2-3-7(9)10/h2-4,8H,5,12H2,1H3/t8-/m0/s1. The number of alkyl halides is 1. The van der Waals surface area contributed by atoms with Crippen molar-refractivity contribution < 1.29 is 9.13 Å². The van der Waals surface area contributed by atoms with Gasteiger partial charge in [0.15, 0.2) is 0 Å². The summed E-state index contributed by atoms with van der Waals surface area (Å²) in [6.07, 6.45) is 0. The number of nitrogens with two attached hydrogens (primary N) is 1. The molecule has 2 nitrogen and oxygen atoms in total. The molecule has 72 valence electrons. The fourth-order valence-corrected chi connectivity index (χ4v) is 1.19. The highest BCUT2D eigenvalue weighted by Crippen LogP contribution is 2.27. The summed E-state index contributed by atoms with van der Waals surface area (Å²) >= 11 is 5.78. The minimum absolute atomic E-state index is 0.498. The zero-order chi connectivity index (χ0) is 9.84. The molecule has 4 heteroatoms. The molecule has 0 bridgehead atoms. The number of halogens is 2. The second-order valence-corrected chi connectivity index (χ2v) is 3.06. The molecule has 0 unspecified atom stereocenters. The van der Waals surface area contributed by atoms with E-state index in [4.69, 9.17) is 22.1 Å². The second-order valence-electron chi connectivity index (χ2n) is 2.65. The number of ether oxygens (including phenoxy) is 1. The van der Waals surface area contributed by atoms with Gasteiger partial charge in [0.2, 0.25) is 0 Å². The second kappa shape index (κ2) is 4.44. The summed E-state index contributed by atoms with van der Waals surface area (Å²) in [5.41, 5.74) is 6.18. The van der Waals surface area contributed by atoms with Crippen molar-refractivity contribution in [2.24, 2.45) is 5.73 Å². The van der Waals surface area contributed by atoms with Gasteiger partial charge in [-0.05, 0) is 17.7 Å². The highest BCUT2D eigenvalue weighted by Gasteiger charge is 2.08. The SMILES string of the molecule is COc1cc([C@@H](N)CF)ccc1Cl. The van der Waals surface area contributed by atoms with Crippen LogP contribution in [-0.4, -0.2) is 13.8 Å². The van der Waals surface area contributed by atoms with Crippen LogP contribution in [0.25, 0.3) is 0 Å². The third-order valence-corrected chi connectivity index (χ3v) is 2.08. The van der Waals surface area contributed by atoms with Crippen molar-refractivity contribution in [2.75, 3.05) is 13.8 Å². The first-order valence-corrected chi connectivity index (χ1v) is 4.21. The van der Waals surface area contributed by atoms with E-state index in [-0.39, 0.29) is 0 Å². The van der Waals surface area contributed by atoms with Crippen LogP contribution in [0, 0.1) is 0 Å². The number of hydrogen-bond donors (Lipinski definition) is 1. The lowest BCUT2D eigenvalue weighted by molar-refractivity contribution is 0.410. The lowest BCUT2D eigenvalue weighted by Crippen LogP contribution is -2.12. The van der Waals surface area contributed by atoms with Gasteiger partial charge in [0.1, 0.15) is 12.4 Å². The quantitative estimate of drug-likeness (QED) is 0.819. The lowest BCUT2D eigenvalue weighted by Gasteiger charge is -2.09. The van der Waals surface area contributed by atoms with E-state index in [9.17, 15) is 4.39 Å². The van der Waals surface area contributed by atoms with Gasteiger partial charge in [-0.25, -0.2) is 4.39 Å². The van der Waals surface area contributed by atoms with Gasteiger partial charge < -0.3 is 10.5 Å². The average molecular weight is 204 g/mol. The van der Waals surface area contributed by atoms with Crippen LogP contribution in [0.5, 0.6) is 5.75 Å². The van der Waals surface area contributed by atoms with Crippen LogP contribution in [0.3, 0.4) is 0 Å². The molecule has 0 heterocycles. The Hall–Kier alpha value is -0.800. The van der Waals surface area contributed by atoms with Crippen molar-refractivity contribution in [3.05, 3.63) is 28.8 Å². The summed E-state index contributed by atoms with van der Waals surface area (Å²) in [5.74, 6) is 0.517. The monoisotopic (exact) mass is 203 g/mol. The van der Waals surface area contributed by atoms with E-state index in [2.05, 4.69) is 0 Å². The van der Waals surface area contributed by atoms with E-state index in [0.29, 0.717) is 16.3 Å². The summed E-state index contributed by atoms with van der Waals surface area (Å²) in [4.78, 5) is 0. The number of hydrogen-bond acceptors (Lipinski definition) is 2. The molecule has 0 saturated heterocycles. The molecule has 0 aliphatic heterocycles.